The van der Waals surface area contributed by atoms with Gasteiger partial charge in [0.05, 0.1) is 0 Å². The summed E-state index contributed by atoms with van der Waals surface area (Å²) in [7, 11) is 0. The Morgan fingerprint density at radius 2 is 1.32 bits per heavy atom. The average molecular weight is 404 g/mol. The van der Waals surface area contributed by atoms with E-state index in [0.717, 1.165) is 0 Å². The molecule has 0 amide bonds. The van der Waals surface area contributed by atoms with E-state index in [2.05, 4.69) is 0 Å². The summed E-state index contributed by atoms with van der Waals surface area (Å²) in [4.78, 5) is 46.8. The van der Waals surface area contributed by atoms with Crippen LogP contribution in [-0.4, -0.2) is 66.3 Å². The second-order valence-electron chi connectivity index (χ2n) is 6.03. The normalized spacial score (nSPS) is 24.9. The van der Waals surface area contributed by atoms with Gasteiger partial charge >= 0.3 is 23.9 Å². The van der Waals surface area contributed by atoms with Gasteiger partial charge in [-0.05, 0) is 0 Å². The predicted molar refractivity (Wildman–Crippen MR) is 92.6 cm³/mol. The van der Waals surface area contributed by atoms with Crippen molar-refractivity contribution >= 4 is 23.9 Å². The summed E-state index contributed by atoms with van der Waals surface area (Å²) in [5.41, 5.74) is 0. The first kappa shape index (κ1) is 23.8. The maximum Gasteiger partial charge on any atom is 0.306 e. The van der Waals surface area contributed by atoms with Gasteiger partial charge in [0, 0.05) is 25.7 Å². The molecule has 0 aliphatic carbocycles. The molecule has 1 aliphatic heterocycles. The molecule has 0 aromatic heterocycles. The lowest BCUT2D eigenvalue weighted by Gasteiger charge is -2.28. The third-order valence-electron chi connectivity index (χ3n) is 3.97. The SMILES string of the molecule is CCC(=O)OCC(OC(=O)CC)[C@@H]1O[C@H](O)[C@@H](OC(=O)CC)[C@@H]1OC(=O)CC. The van der Waals surface area contributed by atoms with E-state index in [1.807, 2.05) is 0 Å². The zero-order valence-corrected chi connectivity index (χ0v) is 16.5. The van der Waals surface area contributed by atoms with Crippen LogP contribution < -0.4 is 0 Å². The van der Waals surface area contributed by atoms with Gasteiger partial charge in [-0.25, -0.2) is 0 Å². The molecule has 0 radical (unpaired) electrons. The highest BCUT2D eigenvalue weighted by Crippen LogP contribution is 2.30. The smallest absolute Gasteiger partial charge is 0.306 e. The first-order chi connectivity index (χ1) is 13.3. The predicted octanol–water partition coefficient (Wildman–Crippen LogP) is 0.622. The molecule has 28 heavy (non-hydrogen) atoms. The molecule has 0 saturated carbocycles. The van der Waals surface area contributed by atoms with E-state index in [0.29, 0.717) is 0 Å². The fraction of sp³-hybridized carbons (Fsp3) is 0.778. The molecule has 10 nitrogen and oxygen atoms in total. The number of rotatable bonds is 10. The van der Waals surface area contributed by atoms with Crippen molar-refractivity contribution in [1.82, 2.24) is 0 Å². The minimum atomic E-state index is -1.61. The lowest BCUT2D eigenvalue weighted by atomic mass is 10.1. The number of hydrogen-bond donors (Lipinski definition) is 1. The molecule has 5 atom stereocenters. The summed E-state index contributed by atoms with van der Waals surface area (Å²) in [5, 5.41) is 10.2. The lowest BCUT2D eigenvalue weighted by molar-refractivity contribution is -0.186. The molecule has 0 aromatic rings. The van der Waals surface area contributed by atoms with Crippen LogP contribution in [0.5, 0.6) is 0 Å². The Hall–Kier alpha value is -2.20. The minimum Gasteiger partial charge on any atom is -0.462 e. The van der Waals surface area contributed by atoms with Gasteiger partial charge in [-0.2, -0.15) is 0 Å². The van der Waals surface area contributed by atoms with Crippen LogP contribution in [0.2, 0.25) is 0 Å². The van der Waals surface area contributed by atoms with Gasteiger partial charge in [0.25, 0.3) is 0 Å². The molecule has 1 fully saturated rings. The molecule has 1 saturated heterocycles. The summed E-state index contributed by atoms with van der Waals surface area (Å²) < 4.78 is 26.1. The largest absolute Gasteiger partial charge is 0.462 e. The molecule has 1 N–H and O–H groups in total. The Balaban J connectivity index is 3.10. The fourth-order valence-corrected chi connectivity index (χ4v) is 2.42. The molecular formula is C18H28O10. The highest BCUT2D eigenvalue weighted by atomic mass is 16.7. The zero-order valence-electron chi connectivity index (χ0n) is 16.5. The minimum absolute atomic E-state index is 0.0258. The van der Waals surface area contributed by atoms with Crippen molar-refractivity contribution < 1.29 is 48.0 Å². The van der Waals surface area contributed by atoms with Crippen LogP contribution in [0.15, 0.2) is 0 Å². The second-order valence-corrected chi connectivity index (χ2v) is 6.03. The van der Waals surface area contributed by atoms with Crippen LogP contribution in [0.1, 0.15) is 53.4 Å². The first-order valence-electron chi connectivity index (χ1n) is 9.34. The average Bonchev–Trinajstić information content (AvgIpc) is 2.99. The van der Waals surface area contributed by atoms with E-state index >= 15 is 0 Å². The van der Waals surface area contributed by atoms with Crippen molar-refractivity contribution in [2.45, 2.75) is 84.1 Å². The molecule has 1 heterocycles. The van der Waals surface area contributed by atoms with Crippen molar-refractivity contribution in [2.24, 2.45) is 0 Å². The Labute approximate surface area is 163 Å². The van der Waals surface area contributed by atoms with E-state index in [1.165, 1.54) is 0 Å². The lowest BCUT2D eigenvalue weighted by Crippen LogP contribution is -2.47. The first-order valence-corrected chi connectivity index (χ1v) is 9.34. The van der Waals surface area contributed by atoms with Crippen molar-refractivity contribution in [3.63, 3.8) is 0 Å². The topological polar surface area (TPSA) is 135 Å². The molecule has 0 bridgehead atoms. The summed E-state index contributed by atoms with van der Waals surface area (Å²) in [5.74, 6) is -2.40. The summed E-state index contributed by atoms with van der Waals surface area (Å²) in [6.07, 6.45) is -6.32. The van der Waals surface area contributed by atoms with Crippen molar-refractivity contribution in [3.8, 4) is 0 Å². The summed E-state index contributed by atoms with van der Waals surface area (Å²) >= 11 is 0. The van der Waals surface area contributed by atoms with Crippen LogP contribution >= 0.6 is 0 Å². The van der Waals surface area contributed by atoms with Crippen LogP contribution in [0.4, 0.5) is 0 Å². The van der Waals surface area contributed by atoms with Gasteiger partial charge in [0.15, 0.2) is 24.6 Å². The maximum atomic E-state index is 11.8. The third-order valence-corrected chi connectivity index (χ3v) is 3.97. The molecule has 0 spiro atoms. The van der Waals surface area contributed by atoms with E-state index in [4.69, 9.17) is 23.7 Å². The van der Waals surface area contributed by atoms with Crippen LogP contribution in [-0.2, 0) is 42.9 Å². The zero-order chi connectivity index (χ0) is 21.3. The molecule has 1 rings (SSSR count). The standard InChI is InChI=1S/C18H28O10/c1-5-11(19)24-9-10(25-12(20)6-2)15-16(26-13(21)7-3)17(18(23)28-15)27-14(22)8-4/h10,15-18,23H,5-9H2,1-4H3/t10?,15-,16+,17-,18-/m0/s1. The number of carbonyl (C=O) groups is 4. The Kier molecular flexibility index (Phi) is 9.88. The van der Waals surface area contributed by atoms with E-state index in [1.54, 1.807) is 27.7 Å². The van der Waals surface area contributed by atoms with E-state index < -0.39 is 54.6 Å². The van der Waals surface area contributed by atoms with Gasteiger partial charge in [-0.3, -0.25) is 19.2 Å². The summed E-state index contributed by atoms with van der Waals surface area (Å²) in [6.45, 7) is 5.92. The Morgan fingerprint density at radius 1 is 0.821 bits per heavy atom. The number of aliphatic hydroxyl groups excluding tert-OH is 1. The second kappa shape index (κ2) is 11.6. The molecule has 1 unspecified atom stereocenters. The van der Waals surface area contributed by atoms with Crippen LogP contribution in [0.3, 0.4) is 0 Å². The Morgan fingerprint density at radius 3 is 1.82 bits per heavy atom. The monoisotopic (exact) mass is 404 g/mol. The maximum absolute atomic E-state index is 11.8. The molecule has 0 aromatic carbocycles. The van der Waals surface area contributed by atoms with E-state index in [-0.39, 0.29) is 32.3 Å². The molecule has 1 aliphatic rings. The fourth-order valence-electron chi connectivity index (χ4n) is 2.42. The van der Waals surface area contributed by atoms with Crippen LogP contribution in [0.25, 0.3) is 0 Å². The number of carbonyl (C=O) groups excluding carboxylic acids is 4. The van der Waals surface area contributed by atoms with Crippen molar-refractivity contribution in [1.29, 1.82) is 0 Å². The quantitative estimate of drug-likeness (QED) is 0.408. The molecule has 160 valence electrons. The highest BCUT2D eigenvalue weighted by molar-refractivity contribution is 5.71. The summed E-state index contributed by atoms with van der Waals surface area (Å²) in [6, 6.07) is 0. The number of esters is 4. The third kappa shape index (κ3) is 6.75. The van der Waals surface area contributed by atoms with Gasteiger partial charge < -0.3 is 28.8 Å². The van der Waals surface area contributed by atoms with Gasteiger partial charge in [-0.15, -0.1) is 0 Å². The van der Waals surface area contributed by atoms with Gasteiger partial charge in [-0.1, -0.05) is 27.7 Å². The molecular weight excluding hydrogens is 376 g/mol. The number of hydrogen-bond acceptors (Lipinski definition) is 10. The molecule has 10 heteroatoms. The van der Waals surface area contributed by atoms with Gasteiger partial charge in [0.1, 0.15) is 12.7 Å². The Bertz CT molecular complexity index is 561. The highest BCUT2D eigenvalue weighted by Gasteiger charge is 2.53. The van der Waals surface area contributed by atoms with Gasteiger partial charge in [0.2, 0.25) is 0 Å². The van der Waals surface area contributed by atoms with Crippen LogP contribution in [0, 0.1) is 0 Å². The number of ether oxygens (including phenoxy) is 5. The van der Waals surface area contributed by atoms with E-state index in [9.17, 15) is 24.3 Å². The van der Waals surface area contributed by atoms with Crippen molar-refractivity contribution in [2.75, 3.05) is 6.61 Å². The van der Waals surface area contributed by atoms with Crippen molar-refractivity contribution in [3.05, 3.63) is 0 Å². The number of aliphatic hydroxyl groups is 1.